The number of hydrogen-bond acceptors (Lipinski definition) is 3. The van der Waals surface area contributed by atoms with Crippen molar-refractivity contribution in [3.63, 3.8) is 0 Å². The lowest BCUT2D eigenvalue weighted by atomic mass is 9.93. The standard InChI is InChI=1S/C18H16FN3O2/c1-24-18(23)22-9-7-13-14-6-3-8-20-17(14)21-15(13)16(22)11-4-2-5-12(19)10-11/h2-6,8,10,16H,7,9H2,1H3,(H,20,21). The molecule has 5 nitrogen and oxygen atoms in total. The van der Waals surface area contributed by atoms with Crippen molar-refractivity contribution in [2.45, 2.75) is 12.5 Å². The van der Waals surface area contributed by atoms with Gasteiger partial charge in [0.2, 0.25) is 0 Å². The molecule has 0 bridgehead atoms. The van der Waals surface area contributed by atoms with Crippen LogP contribution in [0.15, 0.2) is 42.6 Å². The molecule has 0 saturated heterocycles. The van der Waals surface area contributed by atoms with Gasteiger partial charge in [-0.25, -0.2) is 14.2 Å². The second-order valence-electron chi connectivity index (χ2n) is 5.79. The zero-order chi connectivity index (χ0) is 16.7. The zero-order valence-corrected chi connectivity index (χ0v) is 13.1. The minimum Gasteiger partial charge on any atom is -0.453 e. The van der Waals surface area contributed by atoms with Gasteiger partial charge in [-0.15, -0.1) is 0 Å². The number of rotatable bonds is 1. The van der Waals surface area contributed by atoms with E-state index in [1.807, 2.05) is 18.2 Å². The number of halogens is 1. The fourth-order valence-corrected chi connectivity index (χ4v) is 3.45. The number of pyridine rings is 1. The van der Waals surface area contributed by atoms with E-state index < -0.39 is 12.1 Å². The van der Waals surface area contributed by atoms with Crippen LogP contribution in [0.5, 0.6) is 0 Å². The number of carbonyl (C=O) groups is 1. The Hall–Kier alpha value is -2.89. The molecule has 1 aliphatic rings. The highest BCUT2D eigenvalue weighted by Crippen LogP contribution is 2.38. The lowest BCUT2D eigenvalue weighted by molar-refractivity contribution is 0.108. The summed E-state index contributed by atoms with van der Waals surface area (Å²) in [7, 11) is 1.35. The molecule has 1 N–H and O–H groups in total. The largest absolute Gasteiger partial charge is 0.453 e. The Balaban J connectivity index is 1.92. The summed E-state index contributed by atoms with van der Waals surface area (Å²) < 4.78 is 18.7. The molecule has 0 radical (unpaired) electrons. The Labute approximate surface area is 138 Å². The number of amides is 1. The third-order valence-electron chi connectivity index (χ3n) is 4.47. The van der Waals surface area contributed by atoms with Crippen molar-refractivity contribution in [3.8, 4) is 0 Å². The van der Waals surface area contributed by atoms with E-state index in [9.17, 15) is 9.18 Å². The minimum atomic E-state index is -0.429. The smallest absolute Gasteiger partial charge is 0.410 e. The summed E-state index contributed by atoms with van der Waals surface area (Å²) in [6, 6.07) is 9.78. The van der Waals surface area contributed by atoms with E-state index >= 15 is 0 Å². The molecule has 1 unspecified atom stereocenters. The minimum absolute atomic E-state index is 0.335. The molecule has 0 spiro atoms. The topological polar surface area (TPSA) is 58.2 Å². The van der Waals surface area contributed by atoms with Crippen molar-refractivity contribution >= 4 is 17.1 Å². The maximum Gasteiger partial charge on any atom is 0.410 e. The molecule has 6 heteroatoms. The monoisotopic (exact) mass is 325 g/mol. The summed E-state index contributed by atoms with van der Waals surface area (Å²) in [5, 5.41) is 1.04. The van der Waals surface area contributed by atoms with Gasteiger partial charge in [-0.2, -0.15) is 0 Å². The van der Waals surface area contributed by atoms with E-state index in [1.54, 1.807) is 17.2 Å². The summed E-state index contributed by atoms with van der Waals surface area (Å²) in [5.41, 5.74) is 3.46. The molecule has 24 heavy (non-hydrogen) atoms. The lowest BCUT2D eigenvalue weighted by Gasteiger charge is -2.35. The SMILES string of the molecule is COC(=O)N1CCc2c([nH]c3ncccc23)C1c1cccc(F)c1. The molecule has 0 aliphatic carbocycles. The first kappa shape index (κ1) is 14.7. The van der Waals surface area contributed by atoms with Crippen LogP contribution >= 0.6 is 0 Å². The van der Waals surface area contributed by atoms with Crippen LogP contribution < -0.4 is 0 Å². The molecular weight excluding hydrogens is 309 g/mol. The predicted molar refractivity (Wildman–Crippen MR) is 87.2 cm³/mol. The first-order chi connectivity index (χ1) is 11.7. The number of fused-ring (bicyclic) bond motifs is 3. The van der Waals surface area contributed by atoms with Crippen LogP contribution in [-0.2, 0) is 11.2 Å². The van der Waals surface area contributed by atoms with Crippen molar-refractivity contribution in [1.82, 2.24) is 14.9 Å². The van der Waals surface area contributed by atoms with Gasteiger partial charge in [0, 0.05) is 23.8 Å². The van der Waals surface area contributed by atoms with Crippen molar-refractivity contribution in [1.29, 1.82) is 0 Å². The Morgan fingerprint density at radius 2 is 2.25 bits per heavy atom. The van der Waals surface area contributed by atoms with E-state index in [1.165, 1.54) is 19.2 Å². The number of benzene rings is 1. The van der Waals surface area contributed by atoms with Gasteiger partial charge in [0.05, 0.1) is 7.11 Å². The van der Waals surface area contributed by atoms with Crippen LogP contribution in [0.2, 0.25) is 0 Å². The van der Waals surface area contributed by atoms with Gasteiger partial charge in [0.1, 0.15) is 17.5 Å². The van der Waals surface area contributed by atoms with E-state index in [0.717, 1.165) is 22.3 Å². The molecule has 4 rings (SSSR count). The van der Waals surface area contributed by atoms with Gasteiger partial charge in [0.15, 0.2) is 0 Å². The molecule has 0 saturated carbocycles. The fraction of sp³-hybridized carbons (Fsp3) is 0.222. The van der Waals surface area contributed by atoms with Crippen LogP contribution in [0.1, 0.15) is 22.9 Å². The molecule has 122 valence electrons. The molecule has 1 atom stereocenters. The van der Waals surface area contributed by atoms with E-state index in [-0.39, 0.29) is 5.82 Å². The van der Waals surface area contributed by atoms with Gasteiger partial charge in [0.25, 0.3) is 0 Å². The number of nitrogens with zero attached hydrogens (tertiary/aromatic N) is 2. The number of aromatic amines is 1. The van der Waals surface area contributed by atoms with Gasteiger partial charge >= 0.3 is 6.09 Å². The quantitative estimate of drug-likeness (QED) is 0.746. The van der Waals surface area contributed by atoms with Crippen molar-refractivity contribution < 1.29 is 13.9 Å². The zero-order valence-electron chi connectivity index (χ0n) is 13.1. The summed E-state index contributed by atoms with van der Waals surface area (Å²) in [6.07, 6.45) is 1.99. The van der Waals surface area contributed by atoms with E-state index in [2.05, 4.69) is 9.97 Å². The summed E-state index contributed by atoms with van der Waals surface area (Å²) >= 11 is 0. The number of ether oxygens (including phenoxy) is 1. The number of carbonyl (C=O) groups excluding carboxylic acids is 1. The number of H-pyrrole nitrogens is 1. The molecule has 3 heterocycles. The van der Waals surface area contributed by atoms with Gasteiger partial charge in [-0.1, -0.05) is 12.1 Å². The van der Waals surface area contributed by atoms with E-state index in [0.29, 0.717) is 18.5 Å². The van der Waals surface area contributed by atoms with Gasteiger partial charge in [-0.3, -0.25) is 4.90 Å². The number of methoxy groups -OCH3 is 1. The number of aromatic nitrogens is 2. The molecule has 2 aromatic heterocycles. The average Bonchev–Trinajstić information content (AvgIpc) is 2.98. The van der Waals surface area contributed by atoms with Crippen molar-refractivity contribution in [2.75, 3.05) is 13.7 Å². The normalized spacial score (nSPS) is 16.9. The molecule has 0 fully saturated rings. The Morgan fingerprint density at radius 3 is 3.04 bits per heavy atom. The van der Waals surface area contributed by atoms with Crippen molar-refractivity contribution in [3.05, 3.63) is 65.2 Å². The predicted octanol–water partition coefficient (Wildman–Crippen LogP) is 3.42. The van der Waals surface area contributed by atoms with Crippen LogP contribution in [0.4, 0.5) is 9.18 Å². The maximum atomic E-state index is 13.8. The highest BCUT2D eigenvalue weighted by atomic mass is 19.1. The second kappa shape index (κ2) is 5.63. The fourth-order valence-electron chi connectivity index (χ4n) is 3.45. The third-order valence-corrected chi connectivity index (χ3v) is 4.47. The molecule has 1 aromatic carbocycles. The van der Waals surface area contributed by atoms with Gasteiger partial charge < -0.3 is 9.72 Å². The first-order valence-corrected chi connectivity index (χ1v) is 7.74. The first-order valence-electron chi connectivity index (χ1n) is 7.74. The maximum absolute atomic E-state index is 13.8. The van der Waals surface area contributed by atoms with Crippen LogP contribution in [0.3, 0.4) is 0 Å². The van der Waals surface area contributed by atoms with Crippen LogP contribution in [0, 0.1) is 5.82 Å². The Morgan fingerprint density at radius 1 is 1.38 bits per heavy atom. The van der Waals surface area contributed by atoms with Crippen LogP contribution in [-0.4, -0.2) is 34.6 Å². The van der Waals surface area contributed by atoms with E-state index in [4.69, 9.17) is 4.74 Å². The van der Waals surface area contributed by atoms with Crippen LogP contribution in [0.25, 0.3) is 11.0 Å². The Bertz CT molecular complexity index is 922. The highest BCUT2D eigenvalue weighted by molar-refractivity contribution is 5.83. The number of hydrogen-bond donors (Lipinski definition) is 1. The average molecular weight is 325 g/mol. The van der Waals surface area contributed by atoms with Crippen molar-refractivity contribution in [2.24, 2.45) is 0 Å². The number of nitrogens with one attached hydrogen (secondary N) is 1. The molecule has 3 aromatic rings. The highest BCUT2D eigenvalue weighted by Gasteiger charge is 2.35. The Kier molecular flexibility index (Phi) is 3.45. The van der Waals surface area contributed by atoms with Gasteiger partial charge in [-0.05, 0) is 41.8 Å². The molecular formula is C18H16FN3O2. The molecule has 1 amide bonds. The second-order valence-corrected chi connectivity index (χ2v) is 5.79. The molecule has 1 aliphatic heterocycles. The summed E-state index contributed by atoms with van der Waals surface area (Å²) in [6.45, 7) is 0.503. The summed E-state index contributed by atoms with van der Waals surface area (Å²) in [5.74, 6) is -0.335. The lowest BCUT2D eigenvalue weighted by Crippen LogP contribution is -2.40. The third kappa shape index (κ3) is 2.22. The summed E-state index contributed by atoms with van der Waals surface area (Å²) in [4.78, 5) is 21.5.